The molecule has 1 aromatic rings. The van der Waals surface area contributed by atoms with Gasteiger partial charge in [0.25, 0.3) is 5.69 Å². The van der Waals surface area contributed by atoms with E-state index in [1.165, 1.54) is 18.2 Å². The highest BCUT2D eigenvalue weighted by molar-refractivity contribution is 5.89. The van der Waals surface area contributed by atoms with Crippen molar-refractivity contribution >= 4 is 17.7 Å². The summed E-state index contributed by atoms with van der Waals surface area (Å²) in [4.78, 5) is 20.8. The second-order valence-corrected chi connectivity index (χ2v) is 3.25. The molecule has 1 rings (SSSR count). The van der Waals surface area contributed by atoms with Crippen molar-refractivity contribution in [3.63, 3.8) is 0 Å². The van der Waals surface area contributed by atoms with Crippen molar-refractivity contribution < 1.29 is 19.9 Å². The maximum Gasteiger partial charge on any atom is 0.335 e. The third-order valence-corrected chi connectivity index (χ3v) is 2.07. The summed E-state index contributed by atoms with van der Waals surface area (Å²) in [5.74, 6) is -1.21. The number of carbonyl (C=O) groups is 1. The van der Waals surface area contributed by atoms with Crippen molar-refractivity contribution in [2.75, 3.05) is 6.61 Å². The van der Waals surface area contributed by atoms with Crippen LogP contribution in [0.25, 0.3) is 6.08 Å². The van der Waals surface area contributed by atoms with Gasteiger partial charge in [0.1, 0.15) is 0 Å². The van der Waals surface area contributed by atoms with Crippen molar-refractivity contribution in [1.82, 2.24) is 0 Å². The summed E-state index contributed by atoms with van der Waals surface area (Å²) in [5, 5.41) is 28.1. The van der Waals surface area contributed by atoms with Gasteiger partial charge in [0.05, 0.1) is 16.1 Å². The highest BCUT2D eigenvalue weighted by Crippen LogP contribution is 2.22. The minimum Gasteiger partial charge on any atom is -0.478 e. The molecule has 0 amide bonds. The Morgan fingerprint density at radius 3 is 2.71 bits per heavy atom. The number of hydrogen-bond donors (Lipinski definition) is 2. The van der Waals surface area contributed by atoms with E-state index in [9.17, 15) is 14.9 Å². The number of nitro groups is 1. The monoisotopic (exact) mass is 237 g/mol. The molecule has 6 heteroatoms. The maximum atomic E-state index is 10.8. The Morgan fingerprint density at radius 1 is 1.47 bits per heavy atom. The Hall–Kier alpha value is -2.21. The molecule has 0 aliphatic carbocycles. The van der Waals surface area contributed by atoms with Gasteiger partial charge in [-0.1, -0.05) is 12.2 Å². The predicted octanol–water partition coefficient (Wildman–Crippen LogP) is 1.69. The molecule has 90 valence electrons. The Bertz CT molecular complexity index is 467. The van der Waals surface area contributed by atoms with Crippen LogP contribution in [0.3, 0.4) is 0 Å². The average molecular weight is 237 g/mol. The molecule has 0 bridgehead atoms. The van der Waals surface area contributed by atoms with Gasteiger partial charge >= 0.3 is 5.97 Å². The van der Waals surface area contributed by atoms with Gasteiger partial charge in [0, 0.05) is 12.7 Å². The Labute approximate surface area is 97.0 Å². The van der Waals surface area contributed by atoms with Crippen LogP contribution >= 0.6 is 0 Å². The zero-order valence-electron chi connectivity index (χ0n) is 8.87. The van der Waals surface area contributed by atoms with Crippen LogP contribution in [0.5, 0.6) is 0 Å². The van der Waals surface area contributed by atoms with Crippen molar-refractivity contribution in [1.29, 1.82) is 0 Å². The van der Waals surface area contributed by atoms with Crippen LogP contribution in [-0.2, 0) is 0 Å². The topological polar surface area (TPSA) is 101 Å². The van der Waals surface area contributed by atoms with Crippen molar-refractivity contribution in [3.05, 3.63) is 45.5 Å². The number of carboxylic acid groups (broad SMARTS) is 1. The summed E-state index contributed by atoms with van der Waals surface area (Å²) in [6.45, 7) is -0.0441. The molecule has 1 aromatic carbocycles. The summed E-state index contributed by atoms with van der Waals surface area (Å²) in [6.07, 6.45) is 3.46. The number of carboxylic acids is 1. The van der Waals surface area contributed by atoms with E-state index in [0.717, 1.165) is 6.07 Å². The van der Waals surface area contributed by atoms with Crippen LogP contribution in [0.2, 0.25) is 0 Å². The molecule has 0 radical (unpaired) electrons. The summed E-state index contributed by atoms with van der Waals surface area (Å²) < 4.78 is 0. The van der Waals surface area contributed by atoms with Gasteiger partial charge in [-0.2, -0.15) is 0 Å². The summed E-state index contributed by atoms with van der Waals surface area (Å²) in [6, 6.07) is 3.68. The highest BCUT2D eigenvalue weighted by atomic mass is 16.6. The van der Waals surface area contributed by atoms with Gasteiger partial charge in [0.2, 0.25) is 0 Å². The van der Waals surface area contributed by atoms with E-state index >= 15 is 0 Å². The molecule has 0 spiro atoms. The first-order chi connectivity index (χ1) is 8.06. The largest absolute Gasteiger partial charge is 0.478 e. The number of hydrogen-bond acceptors (Lipinski definition) is 4. The average Bonchev–Trinajstić information content (AvgIpc) is 2.29. The first-order valence-electron chi connectivity index (χ1n) is 4.85. The predicted molar refractivity (Wildman–Crippen MR) is 60.8 cm³/mol. The van der Waals surface area contributed by atoms with Crippen molar-refractivity contribution in [2.24, 2.45) is 0 Å². The van der Waals surface area contributed by atoms with Gasteiger partial charge in [-0.25, -0.2) is 4.79 Å². The van der Waals surface area contributed by atoms with Crippen LogP contribution < -0.4 is 0 Å². The molecule has 0 saturated carbocycles. The third-order valence-electron chi connectivity index (χ3n) is 2.07. The number of nitro benzene ring substituents is 1. The first-order valence-corrected chi connectivity index (χ1v) is 4.85. The third kappa shape index (κ3) is 3.39. The molecule has 0 unspecified atom stereocenters. The smallest absolute Gasteiger partial charge is 0.335 e. The molecule has 6 nitrogen and oxygen atoms in total. The lowest BCUT2D eigenvalue weighted by Gasteiger charge is -1.99. The Balaban J connectivity index is 3.13. The van der Waals surface area contributed by atoms with E-state index in [-0.39, 0.29) is 17.9 Å². The first kappa shape index (κ1) is 12.9. The number of nitrogens with zero attached hydrogens (tertiary/aromatic N) is 1. The van der Waals surface area contributed by atoms with E-state index in [1.807, 2.05) is 0 Å². The summed E-state index contributed by atoms with van der Waals surface area (Å²) in [7, 11) is 0. The van der Waals surface area contributed by atoms with Gasteiger partial charge in [-0.3, -0.25) is 10.1 Å². The van der Waals surface area contributed by atoms with Crippen molar-refractivity contribution in [3.8, 4) is 0 Å². The van der Waals surface area contributed by atoms with E-state index in [4.69, 9.17) is 10.2 Å². The van der Waals surface area contributed by atoms with Gasteiger partial charge in [-0.15, -0.1) is 0 Å². The SMILES string of the molecule is O=C(O)c1ccc(C=CCCO)c([N+](=O)[O-])c1. The number of rotatable bonds is 5. The number of aliphatic hydroxyl groups excluding tert-OH is 1. The fourth-order valence-electron chi connectivity index (χ4n) is 1.26. The molecule has 0 saturated heterocycles. The van der Waals surface area contributed by atoms with Crippen molar-refractivity contribution in [2.45, 2.75) is 6.42 Å². The second kappa shape index (κ2) is 5.76. The fraction of sp³-hybridized carbons (Fsp3) is 0.182. The molecular weight excluding hydrogens is 226 g/mol. The summed E-state index contributed by atoms with van der Waals surface area (Å²) >= 11 is 0. The van der Waals surface area contributed by atoms with E-state index in [1.54, 1.807) is 6.08 Å². The van der Waals surface area contributed by atoms with E-state index < -0.39 is 10.9 Å². The molecule has 17 heavy (non-hydrogen) atoms. The molecule has 0 atom stereocenters. The minimum atomic E-state index is -1.21. The highest BCUT2D eigenvalue weighted by Gasteiger charge is 2.15. The van der Waals surface area contributed by atoms with Crippen LogP contribution in [-0.4, -0.2) is 27.7 Å². The van der Waals surface area contributed by atoms with Crippen LogP contribution in [0.4, 0.5) is 5.69 Å². The van der Waals surface area contributed by atoms with Crippen LogP contribution in [0.1, 0.15) is 22.3 Å². The fourth-order valence-corrected chi connectivity index (χ4v) is 1.26. The molecule has 0 aromatic heterocycles. The molecule has 0 aliphatic rings. The standard InChI is InChI=1S/C11H11NO5/c13-6-2-1-3-8-4-5-9(11(14)15)7-10(8)12(16)17/h1,3-5,7,13H,2,6H2,(H,14,15). The second-order valence-electron chi connectivity index (χ2n) is 3.25. The molecular formula is C11H11NO5. The molecule has 2 N–H and O–H groups in total. The number of aliphatic hydroxyl groups is 1. The quantitative estimate of drug-likeness (QED) is 0.599. The lowest BCUT2D eigenvalue weighted by molar-refractivity contribution is -0.385. The van der Waals surface area contributed by atoms with Gasteiger partial charge in [0.15, 0.2) is 0 Å². The lowest BCUT2D eigenvalue weighted by Crippen LogP contribution is -1.99. The minimum absolute atomic E-state index is 0.0441. The number of benzene rings is 1. The molecule has 0 aliphatic heterocycles. The zero-order chi connectivity index (χ0) is 12.8. The van der Waals surface area contributed by atoms with Gasteiger partial charge < -0.3 is 10.2 Å². The Kier molecular flexibility index (Phi) is 4.36. The maximum absolute atomic E-state index is 10.8. The normalized spacial score (nSPS) is 10.6. The van der Waals surface area contributed by atoms with E-state index in [2.05, 4.69) is 0 Å². The lowest BCUT2D eigenvalue weighted by atomic mass is 10.1. The van der Waals surface area contributed by atoms with Crippen LogP contribution in [0, 0.1) is 10.1 Å². The van der Waals surface area contributed by atoms with E-state index in [0.29, 0.717) is 12.0 Å². The Morgan fingerprint density at radius 2 is 2.18 bits per heavy atom. The van der Waals surface area contributed by atoms with Gasteiger partial charge in [-0.05, 0) is 18.6 Å². The summed E-state index contributed by atoms with van der Waals surface area (Å²) in [5.41, 5.74) is -0.0800. The zero-order valence-corrected chi connectivity index (χ0v) is 8.87. The van der Waals surface area contributed by atoms with Crippen LogP contribution in [0.15, 0.2) is 24.3 Å². The number of aromatic carboxylic acids is 1. The molecule has 0 fully saturated rings. The molecule has 0 heterocycles.